The third kappa shape index (κ3) is 2.49. The smallest absolute Gasteiger partial charge is 0.162 e. The van der Waals surface area contributed by atoms with Crippen molar-refractivity contribution in [2.75, 3.05) is 5.75 Å². The fraction of sp³-hybridized carbons (Fsp3) is 0.143. The second-order valence-electron chi connectivity index (χ2n) is 4.15. The van der Waals surface area contributed by atoms with Crippen LogP contribution in [0.2, 0.25) is 0 Å². The first-order chi connectivity index (χ1) is 9.88. The van der Waals surface area contributed by atoms with E-state index in [1.54, 1.807) is 6.20 Å². The molecule has 0 unspecified atom stereocenters. The Bertz CT molecular complexity index is 760. The lowest BCUT2D eigenvalue weighted by molar-refractivity contribution is 0.703. The summed E-state index contributed by atoms with van der Waals surface area (Å²) in [6, 6.07) is 12.2. The van der Waals surface area contributed by atoms with Crippen LogP contribution in [-0.2, 0) is 6.54 Å². The number of hydrogen-bond donors (Lipinski definition) is 0. The van der Waals surface area contributed by atoms with Gasteiger partial charge in [0.15, 0.2) is 5.65 Å². The minimum atomic E-state index is 0.371. The number of nitrogens with zero attached hydrogens (tertiary/aromatic N) is 5. The van der Waals surface area contributed by atoms with Crippen molar-refractivity contribution in [2.24, 2.45) is 0 Å². The molecule has 3 rings (SSSR count). The van der Waals surface area contributed by atoms with Crippen LogP contribution in [0, 0.1) is 11.3 Å². The van der Waals surface area contributed by atoms with Gasteiger partial charge in [-0.25, -0.2) is 14.6 Å². The molecule has 0 fully saturated rings. The molecule has 2 aromatic heterocycles. The van der Waals surface area contributed by atoms with Crippen LogP contribution in [0.5, 0.6) is 0 Å². The summed E-state index contributed by atoms with van der Waals surface area (Å²) in [6.07, 6.45) is 3.28. The van der Waals surface area contributed by atoms with Crippen LogP contribution in [0.15, 0.2) is 47.9 Å². The molecule has 2 heterocycles. The fourth-order valence-electron chi connectivity index (χ4n) is 1.96. The Morgan fingerprint density at radius 2 is 2.05 bits per heavy atom. The van der Waals surface area contributed by atoms with Crippen molar-refractivity contribution in [3.8, 4) is 6.07 Å². The van der Waals surface area contributed by atoms with E-state index in [-0.39, 0.29) is 0 Å². The van der Waals surface area contributed by atoms with E-state index in [1.165, 1.54) is 23.7 Å². The Balaban J connectivity index is 1.96. The van der Waals surface area contributed by atoms with Gasteiger partial charge in [0, 0.05) is 0 Å². The van der Waals surface area contributed by atoms with Crippen LogP contribution in [0.4, 0.5) is 0 Å². The van der Waals surface area contributed by atoms with Gasteiger partial charge in [-0.15, -0.1) is 0 Å². The van der Waals surface area contributed by atoms with Crippen molar-refractivity contribution in [3.05, 3.63) is 48.4 Å². The Hall–Kier alpha value is -2.39. The number of nitriles is 1. The van der Waals surface area contributed by atoms with Gasteiger partial charge >= 0.3 is 0 Å². The molecule has 3 aromatic rings. The lowest BCUT2D eigenvalue weighted by atomic mass is 10.2. The number of thioether (sulfide) groups is 1. The van der Waals surface area contributed by atoms with Gasteiger partial charge in [-0.1, -0.05) is 42.1 Å². The van der Waals surface area contributed by atoms with Crippen LogP contribution in [0.25, 0.3) is 11.0 Å². The summed E-state index contributed by atoms with van der Waals surface area (Å²) in [4.78, 5) is 8.51. The molecule has 0 saturated heterocycles. The number of hydrogen-bond acceptors (Lipinski definition) is 5. The molecular formula is C14H11N5S. The van der Waals surface area contributed by atoms with E-state index in [1.807, 2.05) is 22.9 Å². The summed E-state index contributed by atoms with van der Waals surface area (Å²) in [5.41, 5.74) is 1.96. The molecular weight excluding hydrogens is 270 g/mol. The lowest BCUT2D eigenvalue weighted by Gasteiger charge is -2.03. The first kappa shape index (κ1) is 12.6. The predicted molar refractivity (Wildman–Crippen MR) is 77.2 cm³/mol. The van der Waals surface area contributed by atoms with Crippen LogP contribution in [0.3, 0.4) is 0 Å². The minimum Gasteiger partial charge on any atom is -0.243 e. The molecule has 6 heteroatoms. The number of rotatable bonds is 4. The molecule has 5 nitrogen and oxygen atoms in total. The van der Waals surface area contributed by atoms with Crippen LogP contribution < -0.4 is 0 Å². The maximum Gasteiger partial charge on any atom is 0.162 e. The molecule has 0 aliphatic rings. The minimum absolute atomic E-state index is 0.371. The van der Waals surface area contributed by atoms with Crippen LogP contribution >= 0.6 is 11.8 Å². The molecule has 0 saturated carbocycles. The average molecular weight is 281 g/mol. The van der Waals surface area contributed by atoms with Gasteiger partial charge in [-0.2, -0.15) is 10.4 Å². The van der Waals surface area contributed by atoms with E-state index in [4.69, 9.17) is 5.26 Å². The maximum absolute atomic E-state index is 8.66. The van der Waals surface area contributed by atoms with E-state index in [0.717, 1.165) is 16.1 Å². The van der Waals surface area contributed by atoms with Gasteiger partial charge < -0.3 is 0 Å². The normalized spacial score (nSPS) is 10.6. The fourth-order valence-corrected chi connectivity index (χ4v) is 2.58. The van der Waals surface area contributed by atoms with Crippen molar-refractivity contribution < 1.29 is 0 Å². The topological polar surface area (TPSA) is 67.4 Å². The first-order valence-corrected chi connectivity index (χ1v) is 7.07. The molecule has 1 aromatic carbocycles. The van der Waals surface area contributed by atoms with Gasteiger partial charge in [-0.3, -0.25) is 0 Å². The van der Waals surface area contributed by atoms with Crippen molar-refractivity contribution in [1.29, 1.82) is 5.26 Å². The highest BCUT2D eigenvalue weighted by Gasteiger charge is 2.10. The highest BCUT2D eigenvalue weighted by atomic mass is 32.2. The SMILES string of the molecule is N#CCSc1ncnc2c1cnn2Cc1ccccc1. The zero-order valence-corrected chi connectivity index (χ0v) is 11.4. The van der Waals surface area contributed by atoms with E-state index >= 15 is 0 Å². The van der Waals surface area contributed by atoms with E-state index in [0.29, 0.717) is 12.3 Å². The number of aromatic nitrogens is 4. The van der Waals surface area contributed by atoms with Gasteiger partial charge in [0.25, 0.3) is 0 Å². The third-order valence-electron chi connectivity index (χ3n) is 2.85. The highest BCUT2D eigenvalue weighted by molar-refractivity contribution is 7.99. The van der Waals surface area contributed by atoms with Crippen molar-refractivity contribution in [3.63, 3.8) is 0 Å². The number of fused-ring (bicyclic) bond motifs is 1. The molecule has 0 amide bonds. The summed E-state index contributed by atoms with van der Waals surface area (Å²) in [5.74, 6) is 0.371. The Labute approximate surface area is 120 Å². The summed E-state index contributed by atoms with van der Waals surface area (Å²) in [5, 5.41) is 14.7. The maximum atomic E-state index is 8.66. The molecule has 0 N–H and O–H groups in total. The standard InChI is InChI=1S/C14H11N5S/c15-6-7-20-14-12-8-18-19(13(12)16-10-17-14)9-11-4-2-1-3-5-11/h1-5,8,10H,7,9H2. The molecule has 20 heavy (non-hydrogen) atoms. The predicted octanol–water partition coefficient (Wildman–Crippen LogP) is 2.49. The van der Waals surface area contributed by atoms with Gasteiger partial charge in [0.05, 0.1) is 29.9 Å². The van der Waals surface area contributed by atoms with Crippen LogP contribution in [-0.4, -0.2) is 25.5 Å². The van der Waals surface area contributed by atoms with Crippen molar-refractivity contribution in [1.82, 2.24) is 19.7 Å². The second kappa shape index (κ2) is 5.72. The molecule has 0 spiro atoms. The van der Waals surface area contributed by atoms with E-state index in [2.05, 4.69) is 33.3 Å². The quantitative estimate of drug-likeness (QED) is 0.543. The van der Waals surface area contributed by atoms with Crippen molar-refractivity contribution in [2.45, 2.75) is 11.6 Å². The third-order valence-corrected chi connectivity index (χ3v) is 3.72. The molecule has 0 radical (unpaired) electrons. The van der Waals surface area contributed by atoms with E-state index < -0.39 is 0 Å². The van der Waals surface area contributed by atoms with E-state index in [9.17, 15) is 0 Å². The zero-order chi connectivity index (χ0) is 13.8. The highest BCUT2D eigenvalue weighted by Crippen LogP contribution is 2.24. The second-order valence-corrected chi connectivity index (χ2v) is 5.11. The molecule has 0 aliphatic carbocycles. The largest absolute Gasteiger partial charge is 0.243 e. The Morgan fingerprint density at radius 1 is 1.20 bits per heavy atom. The number of benzene rings is 1. The molecule has 0 bridgehead atoms. The summed E-state index contributed by atoms with van der Waals surface area (Å²) in [7, 11) is 0. The van der Waals surface area contributed by atoms with Crippen LogP contribution in [0.1, 0.15) is 5.56 Å². The lowest BCUT2D eigenvalue weighted by Crippen LogP contribution is -2.02. The zero-order valence-electron chi connectivity index (χ0n) is 10.6. The van der Waals surface area contributed by atoms with Gasteiger partial charge in [-0.05, 0) is 5.56 Å². The Kier molecular flexibility index (Phi) is 3.61. The average Bonchev–Trinajstić information content (AvgIpc) is 2.90. The van der Waals surface area contributed by atoms with Gasteiger partial charge in [0.2, 0.25) is 0 Å². The molecule has 0 aliphatic heterocycles. The molecule has 98 valence electrons. The first-order valence-electron chi connectivity index (χ1n) is 6.08. The summed E-state index contributed by atoms with van der Waals surface area (Å²) < 4.78 is 1.85. The molecule has 0 atom stereocenters. The summed E-state index contributed by atoms with van der Waals surface area (Å²) in [6.45, 7) is 0.670. The Morgan fingerprint density at radius 3 is 2.85 bits per heavy atom. The van der Waals surface area contributed by atoms with Gasteiger partial charge in [0.1, 0.15) is 11.4 Å². The van der Waals surface area contributed by atoms with Crippen molar-refractivity contribution >= 4 is 22.8 Å². The summed E-state index contributed by atoms with van der Waals surface area (Å²) >= 11 is 1.40. The monoisotopic (exact) mass is 281 g/mol.